The largest absolute Gasteiger partial charge is 0.389 e. The lowest BCUT2D eigenvalue weighted by atomic mass is 9.88. The molecule has 2 saturated carbocycles. The molecule has 0 heterocycles. The second kappa shape index (κ2) is 8.50. The molecule has 0 spiro atoms. The van der Waals surface area contributed by atoms with Crippen molar-refractivity contribution in [3.8, 4) is 0 Å². The molecule has 3 nitrogen and oxygen atoms in total. The topological polar surface area (TPSA) is 49.5 Å². The predicted octanol–water partition coefficient (Wildman–Crippen LogP) is 3.44. The molecule has 2 rings (SSSR count). The van der Waals surface area contributed by atoms with Gasteiger partial charge in [-0.05, 0) is 52.0 Å². The molecule has 3 N–H and O–H groups in total. The summed E-state index contributed by atoms with van der Waals surface area (Å²) in [4.78, 5) is 2.82. The third kappa shape index (κ3) is 5.54. The minimum Gasteiger partial charge on any atom is -0.389 e. The molecule has 124 valence electrons. The highest BCUT2D eigenvalue weighted by molar-refractivity contribution is 4.84. The lowest BCUT2D eigenvalue weighted by Gasteiger charge is -2.42. The Morgan fingerprint density at radius 3 is 1.86 bits per heavy atom. The van der Waals surface area contributed by atoms with Crippen LogP contribution in [0.5, 0.6) is 0 Å². The summed E-state index contributed by atoms with van der Waals surface area (Å²) in [6.45, 7) is 3.41. The summed E-state index contributed by atoms with van der Waals surface area (Å²) in [5.41, 5.74) is 4.97. The van der Waals surface area contributed by atoms with E-state index in [1.165, 1.54) is 64.2 Å². The van der Waals surface area contributed by atoms with E-state index in [0.29, 0.717) is 6.54 Å². The highest BCUT2D eigenvalue weighted by atomic mass is 16.3. The molecule has 2 aliphatic rings. The molecular formula is C18H36N2O. The maximum atomic E-state index is 10.1. The summed E-state index contributed by atoms with van der Waals surface area (Å²) in [5, 5.41) is 10.1. The molecule has 3 heteroatoms. The number of nitrogens with zero attached hydrogens (tertiary/aromatic N) is 1. The van der Waals surface area contributed by atoms with E-state index in [1.807, 2.05) is 6.92 Å². The van der Waals surface area contributed by atoms with Crippen LogP contribution in [0.3, 0.4) is 0 Å². The van der Waals surface area contributed by atoms with Gasteiger partial charge < -0.3 is 10.8 Å². The zero-order valence-electron chi connectivity index (χ0n) is 14.0. The first kappa shape index (κ1) is 17.2. The van der Waals surface area contributed by atoms with E-state index in [2.05, 4.69) is 4.90 Å². The van der Waals surface area contributed by atoms with Crippen molar-refractivity contribution in [1.82, 2.24) is 4.90 Å². The molecule has 1 unspecified atom stereocenters. The molecule has 0 aromatic heterocycles. The maximum Gasteiger partial charge on any atom is 0.0741 e. The Morgan fingerprint density at radius 1 is 0.952 bits per heavy atom. The van der Waals surface area contributed by atoms with Gasteiger partial charge in [-0.2, -0.15) is 0 Å². The van der Waals surface area contributed by atoms with Crippen molar-refractivity contribution in [3.63, 3.8) is 0 Å². The number of rotatable bonds is 7. The average molecular weight is 296 g/mol. The third-order valence-corrected chi connectivity index (χ3v) is 5.66. The second-order valence-corrected chi connectivity index (χ2v) is 7.63. The fraction of sp³-hybridized carbons (Fsp3) is 1.00. The Labute approximate surface area is 131 Å². The molecule has 2 fully saturated rings. The van der Waals surface area contributed by atoms with Gasteiger partial charge in [0.1, 0.15) is 0 Å². The van der Waals surface area contributed by atoms with Gasteiger partial charge in [0.05, 0.1) is 5.60 Å². The van der Waals surface area contributed by atoms with Gasteiger partial charge in [-0.25, -0.2) is 0 Å². The van der Waals surface area contributed by atoms with Crippen molar-refractivity contribution < 1.29 is 5.11 Å². The summed E-state index contributed by atoms with van der Waals surface area (Å²) in [5.74, 6) is 0. The van der Waals surface area contributed by atoms with Crippen LogP contribution in [-0.2, 0) is 0 Å². The van der Waals surface area contributed by atoms with E-state index in [0.717, 1.165) is 31.5 Å². The summed E-state index contributed by atoms with van der Waals surface area (Å²) in [6, 6.07) is 1.62. The van der Waals surface area contributed by atoms with E-state index in [9.17, 15) is 5.11 Å². The number of nitrogens with two attached hydrogens (primary N) is 1. The van der Waals surface area contributed by atoms with Gasteiger partial charge in [-0.3, -0.25) is 4.90 Å². The van der Waals surface area contributed by atoms with Gasteiger partial charge >= 0.3 is 0 Å². The SMILES string of the molecule is CC(O)(CN)CCCN(C1CCCCC1)C1CCCCC1. The Morgan fingerprint density at radius 2 is 1.43 bits per heavy atom. The summed E-state index contributed by atoms with van der Waals surface area (Å²) < 4.78 is 0. The molecule has 0 bridgehead atoms. The van der Waals surface area contributed by atoms with Crippen LogP contribution in [0.4, 0.5) is 0 Å². The summed E-state index contributed by atoms with van der Waals surface area (Å²) in [6.07, 6.45) is 16.0. The zero-order chi connectivity index (χ0) is 15.1. The fourth-order valence-electron chi connectivity index (χ4n) is 4.23. The minimum atomic E-state index is -0.676. The molecule has 0 aliphatic heterocycles. The molecule has 21 heavy (non-hydrogen) atoms. The molecule has 1 atom stereocenters. The summed E-state index contributed by atoms with van der Waals surface area (Å²) >= 11 is 0. The number of hydrogen-bond donors (Lipinski definition) is 2. The van der Waals surface area contributed by atoms with Gasteiger partial charge in [-0.15, -0.1) is 0 Å². The predicted molar refractivity (Wildman–Crippen MR) is 89.4 cm³/mol. The fourth-order valence-corrected chi connectivity index (χ4v) is 4.23. The molecule has 0 radical (unpaired) electrons. The van der Waals surface area contributed by atoms with E-state index >= 15 is 0 Å². The van der Waals surface area contributed by atoms with Crippen molar-refractivity contribution in [2.45, 2.75) is 102 Å². The van der Waals surface area contributed by atoms with Gasteiger partial charge in [0, 0.05) is 18.6 Å². The van der Waals surface area contributed by atoms with Crippen molar-refractivity contribution in [3.05, 3.63) is 0 Å². The van der Waals surface area contributed by atoms with Crippen molar-refractivity contribution >= 4 is 0 Å². The number of aliphatic hydroxyl groups is 1. The quantitative estimate of drug-likeness (QED) is 0.756. The lowest BCUT2D eigenvalue weighted by molar-refractivity contribution is 0.0398. The minimum absolute atomic E-state index is 0.375. The molecular weight excluding hydrogens is 260 g/mol. The third-order valence-electron chi connectivity index (χ3n) is 5.66. The zero-order valence-corrected chi connectivity index (χ0v) is 14.0. The smallest absolute Gasteiger partial charge is 0.0741 e. The molecule has 0 saturated heterocycles. The van der Waals surface area contributed by atoms with Crippen LogP contribution in [0.1, 0.15) is 84.0 Å². The molecule has 0 aromatic rings. The van der Waals surface area contributed by atoms with Crippen LogP contribution in [0.15, 0.2) is 0 Å². The first-order chi connectivity index (χ1) is 10.1. The van der Waals surface area contributed by atoms with E-state index in [-0.39, 0.29) is 0 Å². The van der Waals surface area contributed by atoms with Crippen LogP contribution in [-0.4, -0.2) is 40.8 Å². The highest BCUT2D eigenvalue weighted by Gasteiger charge is 2.29. The second-order valence-electron chi connectivity index (χ2n) is 7.63. The van der Waals surface area contributed by atoms with Crippen LogP contribution in [0.2, 0.25) is 0 Å². The van der Waals surface area contributed by atoms with Gasteiger partial charge in [-0.1, -0.05) is 38.5 Å². The van der Waals surface area contributed by atoms with Crippen molar-refractivity contribution in [2.75, 3.05) is 13.1 Å². The van der Waals surface area contributed by atoms with E-state index in [1.54, 1.807) is 0 Å². The first-order valence-electron chi connectivity index (χ1n) is 9.30. The van der Waals surface area contributed by atoms with Crippen LogP contribution >= 0.6 is 0 Å². The normalized spacial score (nSPS) is 25.1. The van der Waals surface area contributed by atoms with Gasteiger partial charge in [0.15, 0.2) is 0 Å². The highest BCUT2D eigenvalue weighted by Crippen LogP contribution is 2.30. The molecule has 2 aliphatic carbocycles. The Bertz CT molecular complexity index is 263. The van der Waals surface area contributed by atoms with Gasteiger partial charge in [0.2, 0.25) is 0 Å². The lowest BCUT2D eigenvalue weighted by Crippen LogP contribution is -2.46. The van der Waals surface area contributed by atoms with Crippen molar-refractivity contribution in [1.29, 1.82) is 0 Å². The van der Waals surface area contributed by atoms with Gasteiger partial charge in [0.25, 0.3) is 0 Å². The Kier molecular flexibility index (Phi) is 6.97. The average Bonchev–Trinajstić information content (AvgIpc) is 2.53. The summed E-state index contributed by atoms with van der Waals surface area (Å²) in [7, 11) is 0. The standard InChI is InChI=1S/C18H36N2O/c1-18(21,15-19)13-8-14-20(16-9-4-2-5-10-16)17-11-6-3-7-12-17/h16-17,21H,2-15,19H2,1H3. The molecule has 0 amide bonds. The monoisotopic (exact) mass is 296 g/mol. The Balaban J connectivity index is 1.87. The molecule has 0 aromatic carbocycles. The van der Waals surface area contributed by atoms with Crippen LogP contribution in [0, 0.1) is 0 Å². The first-order valence-corrected chi connectivity index (χ1v) is 9.30. The van der Waals surface area contributed by atoms with E-state index in [4.69, 9.17) is 5.73 Å². The maximum absolute atomic E-state index is 10.1. The Hall–Kier alpha value is -0.120. The number of hydrogen-bond acceptors (Lipinski definition) is 3. The van der Waals surface area contributed by atoms with Crippen LogP contribution in [0.25, 0.3) is 0 Å². The van der Waals surface area contributed by atoms with Crippen LogP contribution < -0.4 is 5.73 Å². The van der Waals surface area contributed by atoms with E-state index < -0.39 is 5.60 Å². The van der Waals surface area contributed by atoms with Crippen molar-refractivity contribution in [2.24, 2.45) is 5.73 Å².